The van der Waals surface area contributed by atoms with Crippen molar-refractivity contribution in [3.05, 3.63) is 120 Å². The lowest BCUT2D eigenvalue weighted by Gasteiger charge is -2.52. The second kappa shape index (κ2) is 25.2. The van der Waals surface area contributed by atoms with E-state index < -0.39 is 105 Å². The average Bonchev–Trinajstić information content (AvgIpc) is 3.32. The maximum atomic E-state index is 13.7. The van der Waals surface area contributed by atoms with Crippen LogP contribution in [0.4, 0.5) is 9.59 Å². The number of hydrogen-bond donors (Lipinski definition) is 1. The Balaban J connectivity index is 1.44. The van der Waals surface area contributed by atoms with Gasteiger partial charge in [0.15, 0.2) is 39.4 Å². The predicted molar refractivity (Wildman–Crippen MR) is 261 cm³/mol. The molecule has 0 radical (unpaired) electrons. The molecule has 0 bridgehead atoms. The van der Waals surface area contributed by atoms with Gasteiger partial charge in [-0.1, -0.05) is 166 Å². The second-order valence-corrected chi connectivity index (χ2v) is 25.6. The highest BCUT2D eigenvalue weighted by atomic mass is 35.6. The molecule has 0 unspecified atom stereocenters. The topological polar surface area (TPSA) is 174 Å². The van der Waals surface area contributed by atoms with Crippen LogP contribution in [0, 0.1) is 5.92 Å². The molecule has 16 nitrogen and oxygen atoms in total. The van der Waals surface area contributed by atoms with Gasteiger partial charge in [-0.15, -0.1) is 0 Å². The Labute approximate surface area is 425 Å². The number of fused-ring (bicyclic) bond motifs is 1. The number of hydrogen-bond acceptors (Lipinski definition) is 15. The van der Waals surface area contributed by atoms with Gasteiger partial charge in [0.25, 0.3) is 0 Å². The van der Waals surface area contributed by atoms with Crippen molar-refractivity contribution in [1.82, 2.24) is 5.32 Å². The minimum atomic E-state index is -2.86. The SMILES string of the molecule is C=CCOC(=O)O[C@H]1[C@H](O[C@H]2[C@H](OC(C)=O)[C@@H](NC(=O)OCC(Cl)(Cl)Cl)[C@H](O[Si](C)(C)C(C)(C)C(C)C)O[C@@H]2COCc2ccccc2)O[C@@H]2CO[C@@H](c3ccccc3)O[C@H]2[C@@H]1OCc1ccccc1. The third-order valence-corrected chi connectivity index (χ3v) is 17.7. The number of carbonyl (C=O) groups excluding carboxylic acids is 3. The number of benzene rings is 3. The Bertz CT molecular complexity index is 2140. The molecule has 1 N–H and O–H groups in total. The van der Waals surface area contributed by atoms with Crippen molar-refractivity contribution in [3.63, 3.8) is 0 Å². The standard InChI is InChI=1S/C50H64Cl3NO15Si/c1-9-25-59-48(57)68-43-42(60-27-34-21-15-11-16-22-34)40-37(29-61-44(66-40)35-23-17-12-18-24-35)65-46(43)67-39-36(28-58-26-33-19-13-10-14-20-33)64-45(69-70(7,8)49(5,6)31(2)3)38(41(39)63-32(4)55)54-47(56)62-30-50(51,52)53/h9-24,31,36-46H,1,25-30H2,2-8H3,(H,54,56)/t36-,37-,38-,39-,40-,41-,42+,43-,44-,45+,46+/m1/s1. The number of amides is 1. The van der Waals surface area contributed by atoms with Gasteiger partial charge in [0.05, 0.1) is 26.4 Å². The molecule has 3 aromatic carbocycles. The molecule has 20 heteroatoms. The first-order valence-electron chi connectivity index (χ1n) is 23.1. The molecule has 6 rings (SSSR count). The number of alkyl carbamates (subject to hydrolysis) is 1. The first kappa shape index (κ1) is 55.5. The van der Waals surface area contributed by atoms with Crippen LogP contribution in [0.3, 0.4) is 0 Å². The number of carbonyl (C=O) groups is 3. The molecule has 11 atom stereocenters. The molecule has 0 aromatic heterocycles. The summed E-state index contributed by atoms with van der Waals surface area (Å²) in [6.45, 7) is 16.5. The Kier molecular flexibility index (Phi) is 20.0. The van der Waals surface area contributed by atoms with Crippen molar-refractivity contribution in [3.8, 4) is 0 Å². The van der Waals surface area contributed by atoms with Crippen molar-refractivity contribution < 1.29 is 70.9 Å². The fourth-order valence-electron chi connectivity index (χ4n) is 8.06. The van der Waals surface area contributed by atoms with Crippen LogP contribution in [0.1, 0.15) is 57.6 Å². The fourth-order valence-corrected chi connectivity index (χ4v) is 10.7. The first-order valence-corrected chi connectivity index (χ1v) is 27.2. The van der Waals surface area contributed by atoms with Crippen LogP contribution in [0.25, 0.3) is 0 Å². The molecule has 0 aliphatic carbocycles. The van der Waals surface area contributed by atoms with Crippen LogP contribution in [0.5, 0.6) is 0 Å². The van der Waals surface area contributed by atoms with E-state index in [-0.39, 0.29) is 44.0 Å². The van der Waals surface area contributed by atoms with Gasteiger partial charge in [0, 0.05) is 12.5 Å². The molecule has 3 aliphatic heterocycles. The first-order chi connectivity index (χ1) is 33.3. The lowest BCUT2D eigenvalue weighted by atomic mass is 9.94. The van der Waals surface area contributed by atoms with Gasteiger partial charge in [0.1, 0.15) is 49.8 Å². The highest BCUT2D eigenvalue weighted by Crippen LogP contribution is 2.47. The molecule has 0 spiro atoms. The summed E-state index contributed by atoms with van der Waals surface area (Å²) in [7, 11) is -2.86. The molecular formula is C50H64Cl3NO15Si. The molecular weight excluding hydrogens is 989 g/mol. The molecule has 3 aliphatic rings. The van der Waals surface area contributed by atoms with E-state index >= 15 is 0 Å². The van der Waals surface area contributed by atoms with Crippen LogP contribution in [-0.2, 0) is 74.5 Å². The van der Waals surface area contributed by atoms with Gasteiger partial charge in [0.2, 0.25) is 3.79 Å². The van der Waals surface area contributed by atoms with Crippen LogP contribution in [-0.4, -0.2) is 118 Å². The van der Waals surface area contributed by atoms with Crippen molar-refractivity contribution >= 4 is 61.3 Å². The molecule has 3 saturated heterocycles. The van der Waals surface area contributed by atoms with E-state index in [9.17, 15) is 14.4 Å². The van der Waals surface area contributed by atoms with Crippen LogP contribution in [0.15, 0.2) is 104 Å². The van der Waals surface area contributed by atoms with Crippen LogP contribution in [0.2, 0.25) is 18.1 Å². The average molecular weight is 1050 g/mol. The highest BCUT2D eigenvalue weighted by molar-refractivity contribution is 6.74. The van der Waals surface area contributed by atoms with Crippen molar-refractivity contribution in [2.75, 3.05) is 26.4 Å². The second-order valence-electron chi connectivity index (χ2n) is 18.5. The highest BCUT2D eigenvalue weighted by Gasteiger charge is 2.58. The zero-order chi connectivity index (χ0) is 50.6. The Morgan fingerprint density at radius 3 is 2.04 bits per heavy atom. The Morgan fingerprint density at radius 2 is 1.44 bits per heavy atom. The molecule has 3 heterocycles. The summed E-state index contributed by atoms with van der Waals surface area (Å²) in [6.07, 6.45) is -12.7. The summed E-state index contributed by atoms with van der Waals surface area (Å²) < 4.78 is 74.4. The van der Waals surface area contributed by atoms with Gasteiger partial charge in [-0.3, -0.25) is 4.79 Å². The summed E-state index contributed by atoms with van der Waals surface area (Å²) in [5.74, 6) is -0.599. The van der Waals surface area contributed by atoms with Gasteiger partial charge >= 0.3 is 18.2 Å². The number of esters is 1. The maximum Gasteiger partial charge on any atom is 0.509 e. The van der Waals surface area contributed by atoms with E-state index in [1.54, 1.807) is 0 Å². The van der Waals surface area contributed by atoms with E-state index in [2.05, 4.69) is 39.6 Å². The zero-order valence-electron chi connectivity index (χ0n) is 40.4. The molecule has 1 amide bonds. The Morgan fingerprint density at radius 1 is 0.814 bits per heavy atom. The normalized spacial score (nSPS) is 27.2. The number of halogens is 3. The number of ether oxygens (including phenoxy) is 11. The summed E-state index contributed by atoms with van der Waals surface area (Å²) in [6, 6.07) is 26.8. The monoisotopic (exact) mass is 1050 g/mol. The molecule has 0 saturated carbocycles. The van der Waals surface area contributed by atoms with Crippen molar-refractivity contribution in [2.45, 2.75) is 137 Å². The molecule has 3 aromatic rings. The Hall–Kier alpha value is -3.82. The minimum absolute atomic E-state index is 0.0123. The smallest absolute Gasteiger partial charge is 0.457 e. The number of rotatable bonds is 20. The van der Waals surface area contributed by atoms with Crippen LogP contribution >= 0.6 is 34.8 Å². The van der Waals surface area contributed by atoms with E-state index in [4.69, 9.17) is 91.3 Å². The molecule has 384 valence electrons. The fraction of sp³-hybridized carbons (Fsp3) is 0.540. The van der Waals surface area contributed by atoms with Gasteiger partial charge in [-0.25, -0.2) is 9.59 Å². The number of alkyl halides is 3. The van der Waals surface area contributed by atoms with Crippen molar-refractivity contribution in [1.29, 1.82) is 0 Å². The zero-order valence-corrected chi connectivity index (χ0v) is 43.6. The lowest BCUT2D eigenvalue weighted by molar-refractivity contribution is -0.384. The quantitative estimate of drug-likeness (QED) is 0.0372. The summed E-state index contributed by atoms with van der Waals surface area (Å²) in [5.41, 5.74) is 2.40. The van der Waals surface area contributed by atoms with Gasteiger partial charge in [-0.2, -0.15) is 0 Å². The predicted octanol–water partition coefficient (Wildman–Crippen LogP) is 9.50. The van der Waals surface area contributed by atoms with E-state index in [0.717, 1.165) is 16.7 Å². The van der Waals surface area contributed by atoms with Gasteiger partial charge < -0.3 is 61.8 Å². The molecule has 70 heavy (non-hydrogen) atoms. The summed E-state index contributed by atoms with van der Waals surface area (Å²) >= 11 is 17.9. The van der Waals surface area contributed by atoms with Gasteiger partial charge in [-0.05, 0) is 35.2 Å². The lowest BCUT2D eigenvalue weighted by Crippen LogP contribution is -2.70. The minimum Gasteiger partial charge on any atom is -0.457 e. The summed E-state index contributed by atoms with van der Waals surface area (Å²) in [4.78, 5) is 40.7. The van der Waals surface area contributed by atoms with Crippen LogP contribution < -0.4 is 5.32 Å². The van der Waals surface area contributed by atoms with E-state index in [0.29, 0.717) is 0 Å². The van der Waals surface area contributed by atoms with Crippen molar-refractivity contribution in [2.24, 2.45) is 5.92 Å². The molecule has 3 fully saturated rings. The maximum absolute atomic E-state index is 13.7. The summed E-state index contributed by atoms with van der Waals surface area (Å²) in [5, 5.41) is 2.40. The largest absolute Gasteiger partial charge is 0.509 e. The third-order valence-electron chi connectivity index (χ3n) is 12.9. The number of nitrogens with one attached hydrogen (secondary N) is 1. The van der Waals surface area contributed by atoms with E-state index in [1.165, 1.54) is 13.0 Å². The third kappa shape index (κ3) is 15.1. The van der Waals surface area contributed by atoms with E-state index in [1.807, 2.05) is 104 Å².